The van der Waals surface area contributed by atoms with Gasteiger partial charge in [0, 0.05) is 50.7 Å². The van der Waals surface area contributed by atoms with E-state index in [0.717, 1.165) is 44.2 Å². The third-order valence-corrected chi connectivity index (χ3v) is 6.94. The molecule has 3 amide bonds. The van der Waals surface area contributed by atoms with Crippen LogP contribution in [0.25, 0.3) is 0 Å². The maximum atomic E-state index is 12.4. The Morgan fingerprint density at radius 3 is 2.50 bits per heavy atom. The lowest BCUT2D eigenvalue weighted by Crippen LogP contribution is -2.49. The summed E-state index contributed by atoms with van der Waals surface area (Å²) in [5.74, 6) is 1.33. The third kappa shape index (κ3) is 3.38. The molecule has 3 aliphatic rings. The fourth-order valence-electron chi connectivity index (χ4n) is 3.62. The molecular formula is C17H20Cl2N4O2S. The summed E-state index contributed by atoms with van der Waals surface area (Å²) in [6, 6.07) is 5.34. The second-order valence-corrected chi connectivity index (χ2v) is 8.50. The largest absolute Gasteiger partial charge is 0.369 e. The first kappa shape index (κ1) is 18.2. The second-order valence-electron chi connectivity index (χ2n) is 6.69. The van der Waals surface area contributed by atoms with Gasteiger partial charge in [0.05, 0.1) is 15.9 Å². The number of piperazine rings is 1. The number of amides is 3. The standard InChI is InChI=1S/C17H20Cl2N4O2S/c18-13-2-1-12(9-14(13)19)21-6-3-20(4-7-21)5-8-22-16(24)15-10-26-11-23(15)17(22)25/h1-2,9,15H,3-8,10-11H2. The molecule has 0 N–H and O–H groups in total. The number of carbonyl (C=O) groups is 2. The minimum Gasteiger partial charge on any atom is -0.369 e. The number of fused-ring (bicyclic) bond motifs is 1. The molecule has 4 rings (SSSR count). The van der Waals surface area contributed by atoms with Gasteiger partial charge in [0.1, 0.15) is 6.04 Å². The Kier molecular flexibility index (Phi) is 5.23. The molecule has 3 saturated heterocycles. The Balaban J connectivity index is 1.28. The van der Waals surface area contributed by atoms with Crippen molar-refractivity contribution in [2.45, 2.75) is 6.04 Å². The van der Waals surface area contributed by atoms with E-state index in [4.69, 9.17) is 23.2 Å². The van der Waals surface area contributed by atoms with E-state index in [0.29, 0.717) is 22.5 Å². The van der Waals surface area contributed by atoms with Crippen LogP contribution >= 0.6 is 35.0 Å². The van der Waals surface area contributed by atoms with Crippen molar-refractivity contribution in [3.63, 3.8) is 0 Å². The monoisotopic (exact) mass is 414 g/mol. The molecule has 1 aromatic rings. The van der Waals surface area contributed by atoms with Crippen molar-refractivity contribution in [3.8, 4) is 0 Å². The van der Waals surface area contributed by atoms with Gasteiger partial charge in [-0.15, -0.1) is 11.8 Å². The molecule has 3 fully saturated rings. The van der Waals surface area contributed by atoms with Crippen LogP contribution in [0.4, 0.5) is 10.5 Å². The molecule has 0 radical (unpaired) electrons. The first-order chi connectivity index (χ1) is 12.5. The highest BCUT2D eigenvalue weighted by molar-refractivity contribution is 7.99. The number of halogens is 2. The Morgan fingerprint density at radius 1 is 1.04 bits per heavy atom. The number of rotatable bonds is 4. The van der Waals surface area contributed by atoms with Crippen LogP contribution < -0.4 is 4.90 Å². The minimum absolute atomic E-state index is 0.0329. The molecule has 0 aromatic heterocycles. The van der Waals surface area contributed by atoms with Crippen molar-refractivity contribution in [2.75, 3.05) is 55.8 Å². The van der Waals surface area contributed by atoms with E-state index < -0.39 is 0 Å². The predicted molar refractivity (Wildman–Crippen MR) is 105 cm³/mol. The Morgan fingerprint density at radius 2 is 1.81 bits per heavy atom. The summed E-state index contributed by atoms with van der Waals surface area (Å²) in [7, 11) is 0. The van der Waals surface area contributed by atoms with E-state index in [-0.39, 0.29) is 18.0 Å². The molecule has 0 bridgehead atoms. The van der Waals surface area contributed by atoms with Gasteiger partial charge in [-0.05, 0) is 18.2 Å². The van der Waals surface area contributed by atoms with Crippen molar-refractivity contribution in [1.82, 2.24) is 14.7 Å². The quantitative estimate of drug-likeness (QED) is 0.708. The summed E-state index contributed by atoms with van der Waals surface area (Å²) < 4.78 is 0. The molecule has 0 saturated carbocycles. The van der Waals surface area contributed by atoms with Gasteiger partial charge in [-0.25, -0.2) is 4.79 Å². The van der Waals surface area contributed by atoms with E-state index in [1.54, 1.807) is 16.7 Å². The summed E-state index contributed by atoms with van der Waals surface area (Å²) in [6.07, 6.45) is 0. The SMILES string of the molecule is O=C1C2CSCN2C(=O)N1CCN1CCN(c2ccc(Cl)c(Cl)c2)CC1. The van der Waals surface area contributed by atoms with Crippen LogP contribution in [0.2, 0.25) is 10.0 Å². The summed E-state index contributed by atoms with van der Waals surface area (Å²) in [4.78, 5) is 32.4. The number of anilines is 1. The zero-order chi connectivity index (χ0) is 18.3. The van der Waals surface area contributed by atoms with Gasteiger partial charge in [-0.2, -0.15) is 0 Å². The van der Waals surface area contributed by atoms with Crippen LogP contribution in [0.1, 0.15) is 0 Å². The number of carbonyl (C=O) groups excluding carboxylic acids is 2. The Labute approximate surface area is 167 Å². The maximum Gasteiger partial charge on any atom is 0.328 e. The lowest BCUT2D eigenvalue weighted by Gasteiger charge is -2.36. The second kappa shape index (κ2) is 7.46. The first-order valence-electron chi connectivity index (χ1n) is 8.66. The third-order valence-electron chi connectivity index (χ3n) is 5.19. The van der Waals surface area contributed by atoms with Gasteiger partial charge in [0.2, 0.25) is 0 Å². The molecule has 1 aromatic carbocycles. The van der Waals surface area contributed by atoms with Crippen LogP contribution in [-0.4, -0.2) is 83.6 Å². The molecule has 26 heavy (non-hydrogen) atoms. The smallest absolute Gasteiger partial charge is 0.328 e. The van der Waals surface area contributed by atoms with Crippen LogP contribution in [0.3, 0.4) is 0 Å². The average Bonchev–Trinajstić information content (AvgIpc) is 3.21. The number of hydrogen-bond acceptors (Lipinski definition) is 5. The summed E-state index contributed by atoms with van der Waals surface area (Å²) in [5, 5.41) is 1.13. The van der Waals surface area contributed by atoms with Gasteiger partial charge in [0.25, 0.3) is 5.91 Å². The minimum atomic E-state index is -0.237. The van der Waals surface area contributed by atoms with Gasteiger partial charge in [-0.1, -0.05) is 23.2 Å². The van der Waals surface area contributed by atoms with Crippen molar-refractivity contribution in [2.24, 2.45) is 0 Å². The van der Waals surface area contributed by atoms with Crippen LogP contribution in [0, 0.1) is 0 Å². The van der Waals surface area contributed by atoms with Crippen LogP contribution in [0.5, 0.6) is 0 Å². The van der Waals surface area contributed by atoms with Crippen molar-refractivity contribution >= 4 is 52.6 Å². The van der Waals surface area contributed by atoms with E-state index in [9.17, 15) is 9.59 Å². The molecule has 0 spiro atoms. The summed E-state index contributed by atoms with van der Waals surface area (Å²) in [5.41, 5.74) is 1.07. The summed E-state index contributed by atoms with van der Waals surface area (Å²) in [6.45, 7) is 4.73. The number of benzene rings is 1. The topological polar surface area (TPSA) is 47.1 Å². The zero-order valence-electron chi connectivity index (χ0n) is 14.2. The summed E-state index contributed by atoms with van der Waals surface area (Å²) >= 11 is 13.7. The number of urea groups is 1. The lowest BCUT2D eigenvalue weighted by atomic mass is 10.2. The van der Waals surface area contributed by atoms with Crippen LogP contribution in [0.15, 0.2) is 18.2 Å². The predicted octanol–water partition coefficient (Wildman–Crippen LogP) is 2.45. The Bertz CT molecular complexity index is 705. The fraction of sp³-hybridized carbons (Fsp3) is 0.529. The molecule has 0 aliphatic carbocycles. The van der Waals surface area contributed by atoms with E-state index in [1.165, 1.54) is 4.90 Å². The van der Waals surface area contributed by atoms with E-state index in [1.807, 2.05) is 18.2 Å². The highest BCUT2D eigenvalue weighted by Crippen LogP contribution is 2.30. The number of thioether (sulfide) groups is 1. The molecule has 3 aliphatic heterocycles. The molecule has 1 unspecified atom stereocenters. The van der Waals surface area contributed by atoms with Gasteiger partial charge in [0.15, 0.2) is 0 Å². The molecule has 6 nitrogen and oxygen atoms in total. The van der Waals surface area contributed by atoms with Gasteiger partial charge in [-0.3, -0.25) is 14.6 Å². The van der Waals surface area contributed by atoms with E-state index >= 15 is 0 Å². The fourth-order valence-corrected chi connectivity index (χ4v) is 5.05. The molecule has 1 atom stereocenters. The Hall–Kier alpha value is -1.15. The zero-order valence-corrected chi connectivity index (χ0v) is 16.6. The number of nitrogens with zero attached hydrogens (tertiary/aromatic N) is 4. The highest BCUT2D eigenvalue weighted by Gasteiger charge is 2.47. The maximum absolute atomic E-state index is 12.4. The lowest BCUT2D eigenvalue weighted by molar-refractivity contribution is -0.127. The van der Waals surface area contributed by atoms with Gasteiger partial charge < -0.3 is 9.80 Å². The normalized spacial score (nSPS) is 23.9. The molecular weight excluding hydrogens is 395 g/mol. The number of imide groups is 1. The van der Waals surface area contributed by atoms with Crippen molar-refractivity contribution in [1.29, 1.82) is 0 Å². The van der Waals surface area contributed by atoms with Crippen molar-refractivity contribution < 1.29 is 9.59 Å². The highest BCUT2D eigenvalue weighted by atomic mass is 35.5. The van der Waals surface area contributed by atoms with Crippen molar-refractivity contribution in [3.05, 3.63) is 28.2 Å². The molecule has 140 valence electrons. The van der Waals surface area contributed by atoms with Gasteiger partial charge >= 0.3 is 6.03 Å². The first-order valence-corrected chi connectivity index (χ1v) is 10.6. The molecule has 3 heterocycles. The van der Waals surface area contributed by atoms with E-state index in [2.05, 4.69) is 9.80 Å². The average molecular weight is 415 g/mol. The number of hydrogen-bond donors (Lipinski definition) is 0. The van der Waals surface area contributed by atoms with Crippen LogP contribution in [-0.2, 0) is 4.79 Å². The molecule has 9 heteroatoms.